The van der Waals surface area contributed by atoms with Crippen molar-refractivity contribution in [3.63, 3.8) is 0 Å². The lowest BCUT2D eigenvalue weighted by atomic mass is 10.2. The van der Waals surface area contributed by atoms with Gasteiger partial charge in [0.2, 0.25) is 0 Å². The number of benzene rings is 3. The molecule has 3 rings (SSSR count). The molecule has 0 aliphatic heterocycles. The Morgan fingerprint density at radius 3 is 2.26 bits per heavy atom. The van der Waals surface area contributed by atoms with Crippen molar-refractivity contribution in [1.29, 1.82) is 0 Å². The number of hydrogen-bond acceptors (Lipinski definition) is 7. The Hall–Kier alpha value is -4.37. The van der Waals surface area contributed by atoms with Crippen molar-refractivity contribution in [2.45, 2.75) is 0 Å². The van der Waals surface area contributed by atoms with Gasteiger partial charge in [0, 0.05) is 0 Å². The zero-order chi connectivity index (χ0) is 24.5. The third kappa shape index (κ3) is 6.33. The lowest BCUT2D eigenvalue weighted by molar-refractivity contribution is -0.136. The Balaban J connectivity index is 1.54. The summed E-state index contributed by atoms with van der Waals surface area (Å²) in [5.41, 5.74) is 3.33. The van der Waals surface area contributed by atoms with Gasteiger partial charge >= 0.3 is 17.8 Å². The summed E-state index contributed by atoms with van der Waals surface area (Å²) in [6, 6.07) is 17.6. The van der Waals surface area contributed by atoms with Crippen LogP contribution in [0.2, 0.25) is 5.02 Å². The van der Waals surface area contributed by atoms with Crippen LogP contribution < -0.4 is 25.0 Å². The fourth-order valence-electron chi connectivity index (χ4n) is 2.71. The summed E-state index contributed by atoms with van der Waals surface area (Å²) in [6.07, 6.45) is 1.33. The third-order valence-corrected chi connectivity index (χ3v) is 4.75. The maximum absolute atomic E-state index is 12.4. The van der Waals surface area contributed by atoms with Crippen molar-refractivity contribution in [2.24, 2.45) is 5.10 Å². The molecular weight excluding hydrogens is 462 g/mol. The van der Waals surface area contributed by atoms with Crippen LogP contribution in [-0.2, 0) is 9.59 Å². The van der Waals surface area contributed by atoms with E-state index in [2.05, 4.69) is 15.8 Å². The van der Waals surface area contributed by atoms with Crippen molar-refractivity contribution in [3.8, 4) is 17.2 Å². The number of nitrogens with zero attached hydrogens (tertiary/aromatic N) is 1. The summed E-state index contributed by atoms with van der Waals surface area (Å²) < 4.78 is 15.7. The molecule has 3 aromatic rings. The molecule has 34 heavy (non-hydrogen) atoms. The summed E-state index contributed by atoms with van der Waals surface area (Å²) in [5, 5.41) is 6.44. The van der Waals surface area contributed by atoms with Gasteiger partial charge in [0.05, 0.1) is 36.7 Å². The highest BCUT2D eigenvalue weighted by molar-refractivity contribution is 6.41. The SMILES string of the molecule is COc1ccc(C(=O)Oc2ccc(C=NNC(=O)C(=O)Nc3ccccc3Cl)cc2)cc1OC. The predicted molar refractivity (Wildman–Crippen MR) is 127 cm³/mol. The molecule has 0 radical (unpaired) electrons. The van der Waals surface area contributed by atoms with E-state index in [1.807, 2.05) is 0 Å². The molecule has 0 heterocycles. The topological polar surface area (TPSA) is 115 Å². The highest BCUT2D eigenvalue weighted by atomic mass is 35.5. The second-order valence-corrected chi connectivity index (χ2v) is 7.07. The molecule has 2 N–H and O–H groups in total. The Bertz CT molecular complexity index is 1230. The molecule has 0 aliphatic carbocycles. The molecule has 10 heteroatoms. The third-order valence-electron chi connectivity index (χ3n) is 4.42. The van der Waals surface area contributed by atoms with Crippen LogP contribution in [0, 0.1) is 0 Å². The first kappa shape index (κ1) is 24.3. The summed E-state index contributed by atoms with van der Waals surface area (Å²) in [6.45, 7) is 0. The lowest BCUT2D eigenvalue weighted by Gasteiger charge is -2.09. The number of rotatable bonds is 7. The zero-order valence-electron chi connectivity index (χ0n) is 18.2. The molecule has 9 nitrogen and oxygen atoms in total. The maximum Gasteiger partial charge on any atom is 0.343 e. The second-order valence-electron chi connectivity index (χ2n) is 6.66. The number of hydrogen-bond donors (Lipinski definition) is 2. The lowest BCUT2D eigenvalue weighted by Crippen LogP contribution is -2.32. The molecule has 3 aromatic carbocycles. The minimum atomic E-state index is -0.961. The van der Waals surface area contributed by atoms with Gasteiger partial charge in [-0.05, 0) is 60.2 Å². The number of ether oxygens (including phenoxy) is 3. The number of carbonyl (C=O) groups is 3. The van der Waals surface area contributed by atoms with Crippen LogP contribution in [0.25, 0.3) is 0 Å². The molecule has 2 amide bonds. The molecule has 0 fully saturated rings. The van der Waals surface area contributed by atoms with E-state index in [0.717, 1.165) is 0 Å². The average Bonchev–Trinajstić information content (AvgIpc) is 2.85. The minimum Gasteiger partial charge on any atom is -0.493 e. The molecule has 0 aliphatic rings. The van der Waals surface area contributed by atoms with Gasteiger partial charge in [-0.25, -0.2) is 10.2 Å². The van der Waals surface area contributed by atoms with E-state index in [1.165, 1.54) is 26.5 Å². The first-order valence-electron chi connectivity index (χ1n) is 9.84. The summed E-state index contributed by atoms with van der Waals surface area (Å²) in [5.74, 6) is -1.24. The maximum atomic E-state index is 12.4. The molecule has 0 atom stereocenters. The smallest absolute Gasteiger partial charge is 0.343 e. The highest BCUT2D eigenvalue weighted by Gasteiger charge is 2.15. The van der Waals surface area contributed by atoms with Crippen LogP contribution in [0.5, 0.6) is 17.2 Å². The quantitative estimate of drug-likeness (QED) is 0.175. The number of amides is 2. The van der Waals surface area contributed by atoms with E-state index in [4.69, 9.17) is 25.8 Å². The van der Waals surface area contributed by atoms with Crippen molar-refractivity contribution in [1.82, 2.24) is 5.43 Å². The van der Waals surface area contributed by atoms with Gasteiger partial charge in [0.25, 0.3) is 0 Å². The predicted octanol–water partition coefficient (Wildman–Crippen LogP) is 3.67. The van der Waals surface area contributed by atoms with Gasteiger partial charge in [0.15, 0.2) is 11.5 Å². The number of hydrazone groups is 1. The molecule has 0 unspecified atom stereocenters. The fraction of sp³-hybridized carbons (Fsp3) is 0.0833. The van der Waals surface area contributed by atoms with Crippen LogP contribution in [0.3, 0.4) is 0 Å². The number of carbonyl (C=O) groups excluding carboxylic acids is 3. The van der Waals surface area contributed by atoms with Gasteiger partial charge in [0.1, 0.15) is 5.75 Å². The van der Waals surface area contributed by atoms with E-state index in [-0.39, 0.29) is 0 Å². The van der Waals surface area contributed by atoms with Crippen LogP contribution >= 0.6 is 11.6 Å². The number of methoxy groups -OCH3 is 2. The van der Waals surface area contributed by atoms with Crippen LogP contribution in [0.4, 0.5) is 5.69 Å². The van der Waals surface area contributed by atoms with Crippen molar-refractivity contribution in [2.75, 3.05) is 19.5 Å². The Morgan fingerprint density at radius 2 is 1.59 bits per heavy atom. The number of anilines is 1. The summed E-state index contributed by atoms with van der Waals surface area (Å²) in [4.78, 5) is 36.2. The number of nitrogens with one attached hydrogen (secondary N) is 2. The largest absolute Gasteiger partial charge is 0.493 e. The van der Waals surface area contributed by atoms with Crippen LogP contribution in [-0.4, -0.2) is 38.2 Å². The number of para-hydroxylation sites is 1. The van der Waals surface area contributed by atoms with Gasteiger partial charge in [-0.2, -0.15) is 5.10 Å². The Labute approximate surface area is 200 Å². The molecule has 0 bridgehead atoms. The molecular formula is C24H20ClN3O6. The summed E-state index contributed by atoms with van der Waals surface area (Å²) >= 11 is 5.94. The van der Waals surface area contributed by atoms with Crippen LogP contribution in [0.15, 0.2) is 71.8 Å². The van der Waals surface area contributed by atoms with E-state index in [9.17, 15) is 14.4 Å². The van der Waals surface area contributed by atoms with Crippen LogP contribution in [0.1, 0.15) is 15.9 Å². The molecule has 0 spiro atoms. The minimum absolute atomic E-state index is 0.293. The average molecular weight is 482 g/mol. The molecule has 174 valence electrons. The van der Waals surface area contributed by atoms with Crippen molar-refractivity contribution >= 4 is 41.3 Å². The highest BCUT2D eigenvalue weighted by Crippen LogP contribution is 2.28. The summed E-state index contributed by atoms with van der Waals surface area (Å²) in [7, 11) is 2.97. The fourth-order valence-corrected chi connectivity index (χ4v) is 2.89. The molecule has 0 saturated heterocycles. The van der Waals surface area contributed by atoms with Gasteiger partial charge in [-0.15, -0.1) is 0 Å². The first-order chi connectivity index (χ1) is 16.4. The van der Waals surface area contributed by atoms with Gasteiger partial charge < -0.3 is 19.5 Å². The molecule has 0 saturated carbocycles. The monoisotopic (exact) mass is 481 g/mol. The number of halogens is 1. The zero-order valence-corrected chi connectivity index (χ0v) is 19.0. The molecule has 0 aromatic heterocycles. The van der Waals surface area contributed by atoms with Crippen molar-refractivity contribution < 1.29 is 28.6 Å². The number of esters is 1. The van der Waals surface area contributed by atoms with Gasteiger partial charge in [-0.3, -0.25) is 9.59 Å². The normalized spacial score (nSPS) is 10.4. The van der Waals surface area contributed by atoms with Gasteiger partial charge in [-0.1, -0.05) is 23.7 Å². The van der Waals surface area contributed by atoms with E-state index in [1.54, 1.807) is 60.7 Å². The Kier molecular flexibility index (Phi) is 8.20. The van der Waals surface area contributed by atoms with E-state index >= 15 is 0 Å². The first-order valence-corrected chi connectivity index (χ1v) is 10.2. The Morgan fingerprint density at radius 1 is 0.882 bits per heavy atom. The van der Waals surface area contributed by atoms with E-state index < -0.39 is 17.8 Å². The second kappa shape index (κ2) is 11.5. The standard InChI is InChI=1S/C24H20ClN3O6/c1-32-20-12-9-16(13-21(20)33-2)24(31)34-17-10-7-15(8-11-17)14-26-28-23(30)22(29)27-19-6-4-3-5-18(19)25/h3-14H,1-2H3,(H,27,29)(H,28,30). The van der Waals surface area contributed by atoms with E-state index in [0.29, 0.717) is 39.1 Å². The van der Waals surface area contributed by atoms with Crippen molar-refractivity contribution in [3.05, 3.63) is 82.9 Å².